The van der Waals surface area contributed by atoms with Crippen molar-refractivity contribution in [3.63, 3.8) is 0 Å². The highest BCUT2D eigenvalue weighted by Gasteiger charge is 2.21. The number of nitrogens with one attached hydrogen (secondary N) is 1. The summed E-state index contributed by atoms with van der Waals surface area (Å²) in [6.07, 6.45) is 0. The summed E-state index contributed by atoms with van der Waals surface area (Å²) in [5.41, 5.74) is 2.70. The second-order valence-electron chi connectivity index (χ2n) is 5.91. The molecule has 2 aromatic carbocycles. The van der Waals surface area contributed by atoms with Crippen LogP contribution in [0.3, 0.4) is 0 Å². The first kappa shape index (κ1) is 19.3. The number of aromatic carboxylic acids is 1. The monoisotopic (exact) mass is 449 g/mol. The topological polar surface area (TPSA) is 76.4 Å². The SMILES string of the molecule is COc1cc(C)c(Nc2c(Br)c(C)nn2-c2ccccc2Cl)c(C(=O)O)c1. The Morgan fingerprint density at radius 3 is 2.63 bits per heavy atom. The van der Waals surface area contributed by atoms with Gasteiger partial charge < -0.3 is 15.2 Å². The van der Waals surface area contributed by atoms with Gasteiger partial charge in [-0.25, -0.2) is 9.48 Å². The normalized spacial score (nSPS) is 10.7. The van der Waals surface area contributed by atoms with Crippen LogP contribution in [0, 0.1) is 13.8 Å². The van der Waals surface area contributed by atoms with E-state index in [1.165, 1.54) is 13.2 Å². The van der Waals surface area contributed by atoms with Crippen LogP contribution in [0.4, 0.5) is 11.5 Å². The molecule has 0 saturated heterocycles. The lowest BCUT2D eigenvalue weighted by atomic mass is 10.1. The fraction of sp³-hybridized carbons (Fsp3) is 0.158. The maximum atomic E-state index is 11.8. The first-order valence-electron chi connectivity index (χ1n) is 8.02. The standard InChI is InChI=1S/C19H17BrClN3O3/c1-10-8-12(27-3)9-13(19(25)26)17(10)22-18-16(20)11(2)23-24(18)15-7-5-4-6-14(15)21/h4-9,22H,1-3H3,(H,25,26). The third-order valence-electron chi connectivity index (χ3n) is 4.09. The molecule has 6 nitrogen and oxygen atoms in total. The van der Waals surface area contributed by atoms with Crippen LogP contribution in [-0.2, 0) is 0 Å². The largest absolute Gasteiger partial charge is 0.497 e. The molecule has 0 saturated carbocycles. The van der Waals surface area contributed by atoms with Gasteiger partial charge in [0, 0.05) is 0 Å². The van der Waals surface area contributed by atoms with E-state index in [0.717, 1.165) is 11.3 Å². The van der Waals surface area contributed by atoms with Crippen molar-refractivity contribution < 1.29 is 14.6 Å². The van der Waals surface area contributed by atoms with Crippen LogP contribution in [0.5, 0.6) is 5.75 Å². The van der Waals surface area contributed by atoms with E-state index in [0.29, 0.717) is 32.4 Å². The molecule has 1 aromatic heterocycles. The molecular formula is C19H17BrClN3O3. The number of para-hydroxylation sites is 1. The maximum Gasteiger partial charge on any atom is 0.337 e. The van der Waals surface area contributed by atoms with Gasteiger partial charge in [0.25, 0.3) is 0 Å². The number of halogens is 2. The average Bonchev–Trinajstić information content (AvgIpc) is 2.91. The molecule has 0 aliphatic heterocycles. The highest BCUT2D eigenvalue weighted by molar-refractivity contribution is 9.10. The fourth-order valence-electron chi connectivity index (χ4n) is 2.74. The number of carboxylic acid groups (broad SMARTS) is 1. The quantitative estimate of drug-likeness (QED) is 0.547. The molecule has 0 unspecified atom stereocenters. The summed E-state index contributed by atoms with van der Waals surface area (Å²) in [4.78, 5) is 11.8. The number of carboxylic acids is 1. The number of aryl methyl sites for hydroxylation is 2. The van der Waals surface area contributed by atoms with Gasteiger partial charge >= 0.3 is 5.97 Å². The van der Waals surface area contributed by atoms with Crippen molar-refractivity contribution in [2.45, 2.75) is 13.8 Å². The number of carbonyl (C=O) groups is 1. The Labute approximate surface area is 169 Å². The molecule has 0 radical (unpaired) electrons. The molecule has 0 spiro atoms. The zero-order chi connectivity index (χ0) is 19.7. The lowest BCUT2D eigenvalue weighted by Gasteiger charge is -2.16. The number of hydrogen-bond acceptors (Lipinski definition) is 4. The number of nitrogens with zero attached hydrogens (tertiary/aromatic N) is 2. The highest BCUT2D eigenvalue weighted by Crippen LogP contribution is 2.36. The van der Waals surface area contributed by atoms with E-state index in [9.17, 15) is 9.90 Å². The second-order valence-corrected chi connectivity index (χ2v) is 7.11. The fourth-order valence-corrected chi connectivity index (χ4v) is 3.30. The van der Waals surface area contributed by atoms with E-state index in [1.807, 2.05) is 32.0 Å². The number of ether oxygens (including phenoxy) is 1. The van der Waals surface area contributed by atoms with Crippen molar-refractivity contribution in [2.24, 2.45) is 0 Å². The summed E-state index contributed by atoms with van der Waals surface area (Å²) in [6, 6.07) is 10.6. The van der Waals surface area contributed by atoms with Crippen molar-refractivity contribution in [3.8, 4) is 11.4 Å². The van der Waals surface area contributed by atoms with Crippen molar-refractivity contribution >= 4 is 45.0 Å². The molecule has 140 valence electrons. The van der Waals surface area contributed by atoms with Gasteiger partial charge in [0.1, 0.15) is 11.6 Å². The molecule has 27 heavy (non-hydrogen) atoms. The minimum Gasteiger partial charge on any atom is -0.497 e. The van der Waals surface area contributed by atoms with E-state index in [-0.39, 0.29) is 5.56 Å². The van der Waals surface area contributed by atoms with E-state index in [4.69, 9.17) is 16.3 Å². The molecule has 0 amide bonds. The molecule has 0 atom stereocenters. The zero-order valence-electron chi connectivity index (χ0n) is 14.9. The predicted octanol–water partition coefficient (Wildman–Crippen LogP) is 5.36. The van der Waals surface area contributed by atoms with Crippen molar-refractivity contribution in [1.29, 1.82) is 0 Å². The van der Waals surface area contributed by atoms with Crippen LogP contribution in [0.2, 0.25) is 5.02 Å². The Hall–Kier alpha value is -2.51. The molecule has 3 rings (SSSR count). The number of rotatable bonds is 5. The van der Waals surface area contributed by atoms with Gasteiger partial charge in [0.15, 0.2) is 0 Å². The summed E-state index contributed by atoms with van der Waals surface area (Å²) in [6.45, 7) is 3.66. The van der Waals surface area contributed by atoms with Gasteiger partial charge in [-0.3, -0.25) is 0 Å². The molecule has 0 aliphatic carbocycles. The third kappa shape index (κ3) is 3.65. The summed E-state index contributed by atoms with van der Waals surface area (Å²) < 4.78 is 7.56. The van der Waals surface area contributed by atoms with Crippen molar-refractivity contribution in [3.05, 3.63) is 62.7 Å². The summed E-state index contributed by atoms with van der Waals surface area (Å²) >= 11 is 9.87. The van der Waals surface area contributed by atoms with Crippen LogP contribution in [0.15, 0.2) is 40.9 Å². The van der Waals surface area contributed by atoms with Crippen LogP contribution < -0.4 is 10.1 Å². The molecule has 0 aliphatic rings. The summed E-state index contributed by atoms with van der Waals surface area (Å²) in [5.74, 6) is -0.00201. The molecule has 8 heteroatoms. The molecule has 2 N–H and O–H groups in total. The Balaban J connectivity index is 2.18. The minimum atomic E-state index is -1.06. The number of hydrogen-bond donors (Lipinski definition) is 2. The Morgan fingerprint density at radius 1 is 1.30 bits per heavy atom. The summed E-state index contributed by atoms with van der Waals surface area (Å²) in [5, 5.41) is 17.9. The Morgan fingerprint density at radius 2 is 2.00 bits per heavy atom. The molecule has 0 bridgehead atoms. The molecule has 1 heterocycles. The van der Waals surface area contributed by atoms with Crippen molar-refractivity contribution in [1.82, 2.24) is 9.78 Å². The van der Waals surface area contributed by atoms with Gasteiger partial charge in [0.2, 0.25) is 0 Å². The van der Waals surface area contributed by atoms with Gasteiger partial charge in [-0.15, -0.1) is 0 Å². The van der Waals surface area contributed by atoms with E-state index in [1.54, 1.807) is 16.8 Å². The smallest absolute Gasteiger partial charge is 0.337 e. The lowest BCUT2D eigenvalue weighted by molar-refractivity contribution is 0.0697. The minimum absolute atomic E-state index is 0.100. The first-order valence-corrected chi connectivity index (χ1v) is 9.19. The number of methoxy groups -OCH3 is 1. The zero-order valence-corrected chi connectivity index (χ0v) is 17.2. The average molecular weight is 451 g/mol. The Bertz CT molecular complexity index is 1030. The van der Waals surface area contributed by atoms with Crippen molar-refractivity contribution in [2.75, 3.05) is 12.4 Å². The molecule has 0 fully saturated rings. The molecular weight excluding hydrogens is 434 g/mol. The van der Waals surface area contributed by atoms with Gasteiger partial charge in [-0.2, -0.15) is 5.10 Å². The van der Waals surface area contributed by atoms with Crippen LogP contribution in [0.25, 0.3) is 5.69 Å². The van der Waals surface area contributed by atoms with Crippen LogP contribution in [0.1, 0.15) is 21.6 Å². The highest BCUT2D eigenvalue weighted by atomic mass is 79.9. The van der Waals surface area contributed by atoms with Gasteiger partial charge in [0.05, 0.1) is 39.2 Å². The van der Waals surface area contributed by atoms with Gasteiger partial charge in [-0.05, 0) is 59.6 Å². The first-order chi connectivity index (χ1) is 12.8. The second kappa shape index (κ2) is 7.62. The van der Waals surface area contributed by atoms with E-state index < -0.39 is 5.97 Å². The summed E-state index contributed by atoms with van der Waals surface area (Å²) in [7, 11) is 1.50. The van der Waals surface area contributed by atoms with E-state index >= 15 is 0 Å². The number of anilines is 2. The lowest BCUT2D eigenvalue weighted by Crippen LogP contribution is -2.09. The Kier molecular flexibility index (Phi) is 5.43. The maximum absolute atomic E-state index is 11.8. The predicted molar refractivity (Wildman–Crippen MR) is 109 cm³/mol. The number of aromatic nitrogens is 2. The third-order valence-corrected chi connectivity index (χ3v) is 5.36. The van der Waals surface area contributed by atoms with Crippen LogP contribution >= 0.6 is 27.5 Å². The van der Waals surface area contributed by atoms with E-state index in [2.05, 4.69) is 26.3 Å². The van der Waals surface area contributed by atoms with Crippen LogP contribution in [-0.4, -0.2) is 28.0 Å². The molecule has 3 aromatic rings. The number of benzene rings is 2. The van der Waals surface area contributed by atoms with Gasteiger partial charge in [-0.1, -0.05) is 23.7 Å².